The maximum Gasteiger partial charge on any atom is 0.252 e. The lowest BCUT2D eigenvalue weighted by Crippen LogP contribution is -2.61. The number of benzene rings is 2. The zero-order valence-corrected chi connectivity index (χ0v) is 27.4. The van der Waals surface area contributed by atoms with Crippen LogP contribution < -0.4 is 16.0 Å². The van der Waals surface area contributed by atoms with E-state index in [1.165, 1.54) is 0 Å². The lowest BCUT2D eigenvalue weighted by Gasteiger charge is -2.35. The van der Waals surface area contributed by atoms with Gasteiger partial charge in [-0.15, -0.1) is 0 Å². The van der Waals surface area contributed by atoms with Gasteiger partial charge in [0.1, 0.15) is 11.6 Å². The number of likely N-dealkylation sites (tertiary alicyclic amines) is 1. The van der Waals surface area contributed by atoms with Crippen LogP contribution in [0, 0.1) is 11.8 Å². The monoisotopic (exact) mass is 639 g/mol. The number of hydrogen-bond donors (Lipinski definition) is 3. The highest BCUT2D eigenvalue weighted by molar-refractivity contribution is 6.00. The first-order valence-corrected chi connectivity index (χ1v) is 17.5. The molecule has 9 heteroatoms. The van der Waals surface area contributed by atoms with Gasteiger partial charge < -0.3 is 30.2 Å². The average Bonchev–Trinajstić information content (AvgIpc) is 3.83. The second-order valence-corrected chi connectivity index (χ2v) is 13.6. The minimum absolute atomic E-state index is 0.174. The van der Waals surface area contributed by atoms with Crippen LogP contribution in [0.4, 0.5) is 0 Å². The second kappa shape index (κ2) is 15.8. The summed E-state index contributed by atoms with van der Waals surface area (Å²) in [6.07, 6.45) is 11.4. The van der Waals surface area contributed by atoms with E-state index in [0.717, 1.165) is 88.5 Å². The van der Waals surface area contributed by atoms with Crippen LogP contribution in [0.2, 0.25) is 0 Å². The van der Waals surface area contributed by atoms with Crippen LogP contribution in [0.25, 0.3) is 5.69 Å². The number of nitrogens with one attached hydrogen (secondary N) is 3. The summed E-state index contributed by atoms with van der Waals surface area (Å²) in [5.74, 6) is 0.401. The Morgan fingerprint density at radius 1 is 0.830 bits per heavy atom. The van der Waals surface area contributed by atoms with E-state index in [-0.39, 0.29) is 17.7 Å². The largest absolute Gasteiger partial charge is 0.381 e. The third-order valence-electron chi connectivity index (χ3n) is 10.3. The molecule has 2 aliphatic heterocycles. The molecule has 3 aromatic rings. The molecule has 0 unspecified atom stereocenters. The summed E-state index contributed by atoms with van der Waals surface area (Å²) in [6, 6.07) is 20.3. The van der Waals surface area contributed by atoms with Crippen molar-refractivity contribution in [3.05, 3.63) is 90.3 Å². The molecule has 2 saturated heterocycles. The molecule has 1 atom stereocenters. The van der Waals surface area contributed by atoms with Crippen LogP contribution in [0.5, 0.6) is 0 Å². The van der Waals surface area contributed by atoms with Crippen molar-refractivity contribution < 1.29 is 19.1 Å². The van der Waals surface area contributed by atoms with Crippen LogP contribution in [0.1, 0.15) is 67.3 Å². The first kappa shape index (κ1) is 33.0. The van der Waals surface area contributed by atoms with Crippen LogP contribution in [-0.4, -0.2) is 78.2 Å². The Hall–Kier alpha value is -3.95. The van der Waals surface area contributed by atoms with Crippen molar-refractivity contribution in [2.24, 2.45) is 11.8 Å². The Morgan fingerprint density at radius 3 is 2.19 bits per heavy atom. The fourth-order valence-electron chi connectivity index (χ4n) is 7.36. The molecule has 9 nitrogen and oxygen atoms in total. The summed E-state index contributed by atoms with van der Waals surface area (Å²) >= 11 is 0. The Labute approximate surface area is 278 Å². The SMILES string of the molecule is O=C(NC1(C(=O)N[C@@H](Cc2ccccc2)C(=O)NCC2CCN(CC3CCOCC3)CC2)CCCC1)c1ccc(-n2cccc2)cc1. The van der Waals surface area contributed by atoms with Gasteiger partial charge in [-0.2, -0.15) is 0 Å². The van der Waals surface area contributed by atoms with E-state index in [0.29, 0.717) is 37.3 Å². The first-order chi connectivity index (χ1) is 23.0. The summed E-state index contributed by atoms with van der Waals surface area (Å²) in [5.41, 5.74) is 1.37. The van der Waals surface area contributed by atoms with Crippen molar-refractivity contribution >= 4 is 17.7 Å². The number of aromatic nitrogens is 1. The van der Waals surface area contributed by atoms with Crippen molar-refractivity contribution in [1.29, 1.82) is 0 Å². The van der Waals surface area contributed by atoms with E-state index in [9.17, 15) is 14.4 Å². The topological polar surface area (TPSA) is 105 Å². The number of nitrogens with zero attached hydrogens (tertiary/aromatic N) is 2. The lowest BCUT2D eigenvalue weighted by molar-refractivity contribution is -0.132. The highest BCUT2D eigenvalue weighted by Gasteiger charge is 2.44. The van der Waals surface area contributed by atoms with E-state index in [1.807, 2.05) is 71.6 Å². The Bertz CT molecular complexity index is 1440. The van der Waals surface area contributed by atoms with Crippen LogP contribution in [-0.2, 0) is 20.7 Å². The fourth-order valence-corrected chi connectivity index (χ4v) is 7.36. The molecule has 0 bridgehead atoms. The number of rotatable bonds is 12. The Balaban J connectivity index is 1.07. The molecule has 1 aromatic heterocycles. The molecule has 3 N–H and O–H groups in total. The molecule has 6 rings (SSSR count). The Morgan fingerprint density at radius 2 is 1.51 bits per heavy atom. The molecule has 1 saturated carbocycles. The van der Waals surface area contributed by atoms with Crippen molar-refractivity contribution in [2.45, 2.75) is 69.4 Å². The van der Waals surface area contributed by atoms with Gasteiger partial charge in [0.2, 0.25) is 11.8 Å². The third-order valence-corrected chi connectivity index (χ3v) is 10.3. The number of piperidine rings is 1. The molecule has 1 aliphatic carbocycles. The zero-order valence-electron chi connectivity index (χ0n) is 27.4. The molecule has 47 heavy (non-hydrogen) atoms. The van der Waals surface area contributed by atoms with E-state index in [2.05, 4.69) is 20.9 Å². The normalized spacial score (nSPS) is 19.6. The third kappa shape index (κ3) is 8.70. The smallest absolute Gasteiger partial charge is 0.252 e. The zero-order chi connectivity index (χ0) is 32.5. The van der Waals surface area contributed by atoms with Crippen molar-refractivity contribution in [1.82, 2.24) is 25.4 Å². The molecule has 0 radical (unpaired) electrons. The van der Waals surface area contributed by atoms with E-state index < -0.39 is 11.6 Å². The van der Waals surface area contributed by atoms with Gasteiger partial charge in [0, 0.05) is 56.4 Å². The summed E-state index contributed by atoms with van der Waals surface area (Å²) in [6.45, 7) is 5.62. The minimum atomic E-state index is -1.05. The molecule has 3 amide bonds. The van der Waals surface area contributed by atoms with E-state index in [4.69, 9.17) is 4.74 Å². The van der Waals surface area contributed by atoms with Gasteiger partial charge in [0.25, 0.3) is 5.91 Å². The highest BCUT2D eigenvalue weighted by atomic mass is 16.5. The van der Waals surface area contributed by atoms with Gasteiger partial charge in [-0.3, -0.25) is 14.4 Å². The molecule has 0 spiro atoms. The number of carbonyl (C=O) groups excluding carboxylic acids is 3. The molecule has 2 aromatic carbocycles. The van der Waals surface area contributed by atoms with Gasteiger partial charge in [-0.1, -0.05) is 43.2 Å². The Kier molecular flexibility index (Phi) is 11.1. The minimum Gasteiger partial charge on any atom is -0.381 e. The molecule has 3 aliphatic rings. The molecule has 250 valence electrons. The predicted molar refractivity (Wildman–Crippen MR) is 182 cm³/mol. The summed E-state index contributed by atoms with van der Waals surface area (Å²) in [4.78, 5) is 43.8. The highest BCUT2D eigenvalue weighted by Crippen LogP contribution is 2.31. The second-order valence-electron chi connectivity index (χ2n) is 13.6. The fraction of sp³-hybridized carbons (Fsp3) is 0.500. The van der Waals surface area contributed by atoms with Gasteiger partial charge in [0.05, 0.1) is 0 Å². The van der Waals surface area contributed by atoms with Crippen molar-refractivity contribution in [3.8, 4) is 5.69 Å². The number of carbonyl (C=O) groups is 3. The first-order valence-electron chi connectivity index (χ1n) is 17.5. The lowest BCUT2D eigenvalue weighted by atomic mass is 9.93. The summed E-state index contributed by atoms with van der Waals surface area (Å²) < 4.78 is 7.50. The average molecular weight is 640 g/mol. The number of ether oxygens (including phenoxy) is 1. The maximum absolute atomic E-state index is 14.0. The van der Waals surface area contributed by atoms with E-state index in [1.54, 1.807) is 12.1 Å². The van der Waals surface area contributed by atoms with Crippen molar-refractivity contribution in [2.75, 3.05) is 39.4 Å². The molecule has 3 fully saturated rings. The van der Waals surface area contributed by atoms with Crippen LogP contribution in [0.15, 0.2) is 79.1 Å². The number of hydrogen-bond acceptors (Lipinski definition) is 5. The van der Waals surface area contributed by atoms with Crippen LogP contribution in [0.3, 0.4) is 0 Å². The molecule has 3 heterocycles. The van der Waals surface area contributed by atoms with Gasteiger partial charge in [0.15, 0.2) is 0 Å². The molecular weight excluding hydrogens is 590 g/mol. The van der Waals surface area contributed by atoms with Crippen molar-refractivity contribution in [3.63, 3.8) is 0 Å². The van der Waals surface area contributed by atoms with Gasteiger partial charge in [-0.05, 0) is 105 Å². The van der Waals surface area contributed by atoms with Crippen LogP contribution >= 0.6 is 0 Å². The quantitative estimate of drug-likeness (QED) is 0.271. The van der Waals surface area contributed by atoms with Gasteiger partial charge in [-0.25, -0.2) is 0 Å². The molecular formula is C38H49N5O4. The summed E-state index contributed by atoms with van der Waals surface area (Å²) in [5, 5.41) is 9.35. The maximum atomic E-state index is 14.0. The number of amides is 3. The van der Waals surface area contributed by atoms with Gasteiger partial charge >= 0.3 is 0 Å². The van der Waals surface area contributed by atoms with E-state index >= 15 is 0 Å². The summed E-state index contributed by atoms with van der Waals surface area (Å²) in [7, 11) is 0. The standard InChI is InChI=1S/C38H49N5O4/c44-35(32-10-12-33(13-11-32)43-20-6-7-21-43)41-38(18-4-5-19-38)37(46)40-34(26-29-8-2-1-3-9-29)36(45)39-27-30-14-22-42(23-15-30)28-31-16-24-47-25-17-31/h1-3,6-13,20-21,30-31,34H,4-5,14-19,22-28H2,(H,39,45)(H,40,46)(H,41,44)/t34-/m0/s1. The predicted octanol–water partition coefficient (Wildman–Crippen LogP) is 4.50.